The van der Waals surface area contributed by atoms with E-state index >= 15 is 0 Å². The van der Waals surface area contributed by atoms with E-state index in [0.29, 0.717) is 6.54 Å². The zero-order valence-electron chi connectivity index (χ0n) is 8.69. The van der Waals surface area contributed by atoms with Crippen LogP contribution < -0.4 is 0 Å². The van der Waals surface area contributed by atoms with Gasteiger partial charge in [-0.25, -0.2) is 4.39 Å². The molecule has 1 N–H and O–H groups in total. The van der Waals surface area contributed by atoms with E-state index in [0.717, 1.165) is 24.9 Å². The summed E-state index contributed by atoms with van der Waals surface area (Å²) in [6, 6.07) is 7.06. The molecule has 0 bridgehead atoms. The highest BCUT2D eigenvalue weighted by Gasteiger charge is 2.24. The summed E-state index contributed by atoms with van der Waals surface area (Å²) in [5.41, 5.74) is 0.720. The molecule has 15 heavy (non-hydrogen) atoms. The number of nitrogens with zero attached hydrogens (tertiary/aromatic N) is 1. The molecule has 0 aliphatic carbocycles. The van der Waals surface area contributed by atoms with Gasteiger partial charge in [-0.2, -0.15) is 0 Å². The van der Waals surface area contributed by atoms with Crippen molar-refractivity contribution in [3.63, 3.8) is 0 Å². The Kier molecular flexibility index (Phi) is 3.34. The van der Waals surface area contributed by atoms with E-state index in [-0.39, 0.29) is 18.5 Å². The lowest BCUT2D eigenvalue weighted by Crippen LogP contribution is -2.31. The minimum Gasteiger partial charge on any atom is -0.395 e. The van der Waals surface area contributed by atoms with E-state index in [4.69, 9.17) is 5.11 Å². The molecule has 1 aromatic rings. The number of hydrogen-bond donors (Lipinski definition) is 1. The Morgan fingerprint density at radius 1 is 1.40 bits per heavy atom. The molecule has 82 valence electrons. The molecule has 0 saturated carbocycles. The van der Waals surface area contributed by atoms with Gasteiger partial charge in [-0.05, 0) is 25.5 Å². The molecule has 1 heterocycles. The molecule has 1 fully saturated rings. The normalized spacial score (nSPS) is 22.1. The lowest BCUT2D eigenvalue weighted by atomic mass is 10.2. The van der Waals surface area contributed by atoms with Crippen molar-refractivity contribution in [2.75, 3.05) is 13.2 Å². The van der Waals surface area contributed by atoms with Gasteiger partial charge in [-0.3, -0.25) is 4.90 Å². The largest absolute Gasteiger partial charge is 0.395 e. The first-order valence-corrected chi connectivity index (χ1v) is 5.39. The number of aliphatic hydroxyl groups excluding tert-OH is 1. The van der Waals surface area contributed by atoms with Gasteiger partial charge in [-0.15, -0.1) is 0 Å². The van der Waals surface area contributed by atoms with Crippen LogP contribution in [0.4, 0.5) is 4.39 Å². The van der Waals surface area contributed by atoms with Crippen LogP contribution in [0.2, 0.25) is 0 Å². The molecule has 1 aliphatic rings. The molecule has 2 rings (SSSR count). The number of benzene rings is 1. The number of halogens is 1. The zero-order chi connectivity index (χ0) is 10.7. The average Bonchev–Trinajstić information content (AvgIpc) is 2.69. The lowest BCUT2D eigenvalue weighted by Gasteiger charge is -2.22. The smallest absolute Gasteiger partial charge is 0.127 e. The molecule has 2 nitrogen and oxygen atoms in total. The summed E-state index contributed by atoms with van der Waals surface area (Å²) < 4.78 is 13.4. The lowest BCUT2D eigenvalue weighted by molar-refractivity contribution is 0.152. The molecule has 0 radical (unpaired) electrons. The summed E-state index contributed by atoms with van der Waals surface area (Å²) >= 11 is 0. The van der Waals surface area contributed by atoms with Crippen LogP contribution in [-0.2, 0) is 6.54 Å². The van der Waals surface area contributed by atoms with Crippen LogP contribution in [-0.4, -0.2) is 29.2 Å². The van der Waals surface area contributed by atoms with Crippen LogP contribution in [0, 0.1) is 5.82 Å². The maximum atomic E-state index is 13.4. The molecule has 1 unspecified atom stereocenters. The van der Waals surface area contributed by atoms with E-state index < -0.39 is 0 Å². The molecule has 1 aliphatic heterocycles. The van der Waals surface area contributed by atoms with Crippen LogP contribution in [0.1, 0.15) is 18.4 Å². The predicted molar refractivity (Wildman–Crippen MR) is 56.9 cm³/mol. The highest BCUT2D eigenvalue weighted by atomic mass is 19.1. The van der Waals surface area contributed by atoms with Crippen molar-refractivity contribution in [3.8, 4) is 0 Å². The zero-order valence-corrected chi connectivity index (χ0v) is 8.69. The minimum absolute atomic E-state index is 0.152. The number of rotatable bonds is 3. The van der Waals surface area contributed by atoms with Gasteiger partial charge in [0.05, 0.1) is 6.61 Å². The first-order valence-electron chi connectivity index (χ1n) is 5.39. The van der Waals surface area contributed by atoms with Crippen LogP contribution in [0.25, 0.3) is 0 Å². The van der Waals surface area contributed by atoms with E-state index in [1.807, 2.05) is 12.1 Å². The van der Waals surface area contributed by atoms with Gasteiger partial charge in [0.15, 0.2) is 0 Å². The first-order chi connectivity index (χ1) is 7.31. The summed E-state index contributed by atoms with van der Waals surface area (Å²) in [7, 11) is 0. The van der Waals surface area contributed by atoms with Crippen molar-refractivity contribution in [3.05, 3.63) is 35.6 Å². The summed E-state index contributed by atoms with van der Waals surface area (Å²) in [5.74, 6) is -0.152. The fraction of sp³-hybridized carbons (Fsp3) is 0.500. The van der Waals surface area contributed by atoms with E-state index in [1.165, 1.54) is 6.07 Å². The number of likely N-dealkylation sites (tertiary alicyclic amines) is 1. The maximum absolute atomic E-state index is 13.4. The molecule has 3 heteroatoms. The highest BCUT2D eigenvalue weighted by molar-refractivity contribution is 5.17. The summed E-state index contributed by atoms with van der Waals surface area (Å²) in [6.45, 7) is 1.74. The van der Waals surface area contributed by atoms with Crippen LogP contribution >= 0.6 is 0 Å². The molecular weight excluding hydrogens is 193 g/mol. The Bertz CT molecular complexity index is 329. The Balaban J connectivity index is 2.05. The number of aliphatic hydroxyl groups is 1. The Morgan fingerprint density at radius 3 is 2.93 bits per heavy atom. The second-order valence-electron chi connectivity index (χ2n) is 4.04. The third-order valence-electron chi connectivity index (χ3n) is 3.04. The van der Waals surface area contributed by atoms with Crippen LogP contribution in [0.5, 0.6) is 0 Å². The fourth-order valence-corrected chi connectivity index (χ4v) is 2.16. The standard InChI is InChI=1S/C12H16FNO/c13-12-6-2-1-4-10(12)8-14-7-3-5-11(14)9-15/h1-2,4,6,11,15H,3,5,7-9H2. The minimum atomic E-state index is -0.152. The van der Waals surface area contributed by atoms with Crippen molar-refractivity contribution in [2.24, 2.45) is 0 Å². The molecule has 1 saturated heterocycles. The highest BCUT2D eigenvalue weighted by Crippen LogP contribution is 2.20. The monoisotopic (exact) mass is 209 g/mol. The summed E-state index contributed by atoms with van der Waals surface area (Å²) in [6.07, 6.45) is 2.12. The van der Waals surface area contributed by atoms with Crippen molar-refractivity contribution < 1.29 is 9.50 Å². The third kappa shape index (κ3) is 2.36. The van der Waals surface area contributed by atoms with Crippen molar-refractivity contribution in [1.29, 1.82) is 0 Å². The maximum Gasteiger partial charge on any atom is 0.127 e. The molecule has 0 spiro atoms. The first kappa shape index (κ1) is 10.6. The van der Waals surface area contributed by atoms with Crippen molar-refractivity contribution in [2.45, 2.75) is 25.4 Å². The predicted octanol–water partition coefficient (Wildman–Crippen LogP) is 1.78. The van der Waals surface area contributed by atoms with Crippen LogP contribution in [0.3, 0.4) is 0 Å². The van der Waals surface area contributed by atoms with Gasteiger partial charge < -0.3 is 5.11 Å². The number of hydrogen-bond acceptors (Lipinski definition) is 2. The molecular formula is C12H16FNO. The van der Waals surface area contributed by atoms with E-state index in [9.17, 15) is 4.39 Å². The quantitative estimate of drug-likeness (QED) is 0.820. The van der Waals surface area contributed by atoms with Crippen molar-refractivity contribution in [1.82, 2.24) is 4.90 Å². The molecule has 1 aromatic carbocycles. The summed E-state index contributed by atoms with van der Waals surface area (Å²) in [5, 5.41) is 9.15. The van der Waals surface area contributed by atoms with Gasteiger partial charge in [-0.1, -0.05) is 18.2 Å². The Labute approximate surface area is 89.3 Å². The Hall–Kier alpha value is -0.930. The second-order valence-corrected chi connectivity index (χ2v) is 4.04. The summed E-state index contributed by atoms with van der Waals surface area (Å²) in [4.78, 5) is 2.15. The van der Waals surface area contributed by atoms with Gasteiger partial charge in [0, 0.05) is 18.2 Å². The average molecular weight is 209 g/mol. The topological polar surface area (TPSA) is 23.5 Å². The fourth-order valence-electron chi connectivity index (χ4n) is 2.16. The van der Waals surface area contributed by atoms with Gasteiger partial charge in [0.2, 0.25) is 0 Å². The SMILES string of the molecule is OCC1CCCN1Cc1ccccc1F. The van der Waals surface area contributed by atoms with Gasteiger partial charge >= 0.3 is 0 Å². The molecule has 1 atom stereocenters. The molecule has 0 aromatic heterocycles. The van der Waals surface area contributed by atoms with Crippen molar-refractivity contribution >= 4 is 0 Å². The van der Waals surface area contributed by atoms with E-state index in [1.54, 1.807) is 6.07 Å². The van der Waals surface area contributed by atoms with E-state index in [2.05, 4.69) is 4.90 Å². The van der Waals surface area contributed by atoms with Gasteiger partial charge in [0.1, 0.15) is 5.82 Å². The third-order valence-corrected chi connectivity index (χ3v) is 3.04. The second kappa shape index (κ2) is 4.73. The van der Waals surface area contributed by atoms with Gasteiger partial charge in [0.25, 0.3) is 0 Å². The van der Waals surface area contributed by atoms with Crippen LogP contribution in [0.15, 0.2) is 24.3 Å². The molecule has 0 amide bonds. The Morgan fingerprint density at radius 2 is 2.20 bits per heavy atom.